The molecule has 0 aromatic heterocycles. The number of hydrogen-bond donors (Lipinski definition) is 2. The number of hydrogen-bond acceptors (Lipinski definition) is 2. The summed E-state index contributed by atoms with van der Waals surface area (Å²) in [6.45, 7) is 2.16. The molecule has 0 atom stereocenters. The van der Waals surface area contributed by atoms with Gasteiger partial charge in [-0.05, 0) is 17.5 Å². The van der Waals surface area contributed by atoms with E-state index in [0.717, 1.165) is 30.4 Å². The fraction of sp³-hybridized carbons (Fsp3) is 0.364. The molecule has 138 valence electrons. The SMILES string of the molecule is CCCCCCCC(=O)NNC(=O)C(c1ccccc1)c1ccccc1. The second-order valence-electron chi connectivity index (χ2n) is 6.46. The number of rotatable bonds is 9. The van der Waals surface area contributed by atoms with Gasteiger partial charge in [0.25, 0.3) is 0 Å². The lowest BCUT2D eigenvalue weighted by atomic mass is 9.91. The van der Waals surface area contributed by atoms with Gasteiger partial charge in [0.05, 0.1) is 5.92 Å². The van der Waals surface area contributed by atoms with Crippen LogP contribution in [0.2, 0.25) is 0 Å². The van der Waals surface area contributed by atoms with Crippen LogP contribution in [0.3, 0.4) is 0 Å². The van der Waals surface area contributed by atoms with E-state index < -0.39 is 5.92 Å². The molecule has 4 nitrogen and oxygen atoms in total. The lowest BCUT2D eigenvalue weighted by molar-refractivity contribution is -0.129. The highest BCUT2D eigenvalue weighted by atomic mass is 16.2. The second kappa shape index (κ2) is 11.1. The van der Waals surface area contributed by atoms with Gasteiger partial charge in [-0.15, -0.1) is 0 Å². The molecule has 0 fully saturated rings. The van der Waals surface area contributed by atoms with Crippen LogP contribution in [-0.2, 0) is 9.59 Å². The minimum absolute atomic E-state index is 0.144. The van der Waals surface area contributed by atoms with Crippen LogP contribution in [0.1, 0.15) is 62.5 Å². The van der Waals surface area contributed by atoms with Crippen LogP contribution in [0.5, 0.6) is 0 Å². The first kappa shape index (κ1) is 19.7. The number of hydrazine groups is 1. The monoisotopic (exact) mass is 352 g/mol. The molecule has 0 unspecified atom stereocenters. The third-order valence-corrected chi connectivity index (χ3v) is 4.36. The molecule has 2 amide bonds. The fourth-order valence-corrected chi connectivity index (χ4v) is 2.94. The van der Waals surface area contributed by atoms with Gasteiger partial charge < -0.3 is 0 Å². The summed E-state index contributed by atoms with van der Waals surface area (Å²) < 4.78 is 0. The highest BCUT2D eigenvalue weighted by molar-refractivity contribution is 5.89. The Balaban J connectivity index is 1.92. The van der Waals surface area contributed by atoms with E-state index in [9.17, 15) is 9.59 Å². The molecular formula is C22H28N2O2. The summed E-state index contributed by atoms with van der Waals surface area (Å²) >= 11 is 0. The number of benzene rings is 2. The summed E-state index contributed by atoms with van der Waals surface area (Å²) in [5.41, 5.74) is 6.94. The Morgan fingerprint density at radius 2 is 1.31 bits per heavy atom. The van der Waals surface area contributed by atoms with Gasteiger partial charge in [-0.3, -0.25) is 20.4 Å². The Labute approximate surface area is 156 Å². The van der Waals surface area contributed by atoms with Crippen molar-refractivity contribution in [3.63, 3.8) is 0 Å². The molecule has 2 N–H and O–H groups in total. The van der Waals surface area contributed by atoms with Crippen molar-refractivity contribution >= 4 is 11.8 Å². The fourth-order valence-electron chi connectivity index (χ4n) is 2.94. The Bertz CT molecular complexity index is 632. The average Bonchev–Trinajstić information content (AvgIpc) is 2.68. The molecule has 2 rings (SSSR count). The molecule has 0 bridgehead atoms. The number of unbranched alkanes of at least 4 members (excludes halogenated alkanes) is 4. The molecule has 0 aliphatic rings. The van der Waals surface area contributed by atoms with E-state index in [1.54, 1.807) is 0 Å². The van der Waals surface area contributed by atoms with Crippen LogP contribution >= 0.6 is 0 Å². The number of carbonyl (C=O) groups is 2. The van der Waals surface area contributed by atoms with Gasteiger partial charge in [0.15, 0.2) is 0 Å². The summed E-state index contributed by atoms with van der Waals surface area (Å²) in [6, 6.07) is 19.2. The normalized spacial score (nSPS) is 10.5. The Morgan fingerprint density at radius 1 is 0.769 bits per heavy atom. The molecule has 4 heteroatoms. The summed E-state index contributed by atoms with van der Waals surface area (Å²) in [4.78, 5) is 24.7. The predicted molar refractivity (Wildman–Crippen MR) is 104 cm³/mol. The molecule has 2 aromatic carbocycles. The molecule has 0 aliphatic heterocycles. The van der Waals surface area contributed by atoms with Crippen LogP contribution in [-0.4, -0.2) is 11.8 Å². The van der Waals surface area contributed by atoms with E-state index in [1.807, 2.05) is 60.7 Å². The van der Waals surface area contributed by atoms with Crippen molar-refractivity contribution < 1.29 is 9.59 Å². The van der Waals surface area contributed by atoms with Crippen molar-refractivity contribution in [1.82, 2.24) is 10.9 Å². The summed E-state index contributed by atoms with van der Waals surface area (Å²) in [6.07, 6.45) is 5.87. The maximum atomic E-state index is 12.7. The standard InChI is InChI=1S/C22H28N2O2/c1-2-3-4-5-12-17-20(25)23-24-22(26)21(18-13-8-6-9-14-18)19-15-10-7-11-16-19/h6-11,13-16,21H,2-5,12,17H2,1H3,(H,23,25)(H,24,26). The van der Waals surface area contributed by atoms with E-state index in [4.69, 9.17) is 0 Å². The largest absolute Gasteiger partial charge is 0.273 e. The zero-order valence-corrected chi connectivity index (χ0v) is 15.4. The zero-order chi connectivity index (χ0) is 18.6. The van der Waals surface area contributed by atoms with Crippen LogP contribution in [0.15, 0.2) is 60.7 Å². The van der Waals surface area contributed by atoms with Crippen LogP contribution in [0.25, 0.3) is 0 Å². The summed E-state index contributed by atoms with van der Waals surface area (Å²) in [5, 5.41) is 0. The van der Waals surface area contributed by atoms with Crippen molar-refractivity contribution in [2.24, 2.45) is 0 Å². The van der Waals surface area contributed by atoms with Gasteiger partial charge in [-0.25, -0.2) is 0 Å². The average molecular weight is 352 g/mol. The number of nitrogens with one attached hydrogen (secondary N) is 2. The smallest absolute Gasteiger partial charge is 0.250 e. The predicted octanol–water partition coefficient (Wildman–Crippen LogP) is 4.33. The zero-order valence-electron chi connectivity index (χ0n) is 15.4. The summed E-state index contributed by atoms with van der Waals surface area (Å²) in [7, 11) is 0. The van der Waals surface area contributed by atoms with Crippen molar-refractivity contribution in [3.05, 3.63) is 71.8 Å². The topological polar surface area (TPSA) is 58.2 Å². The van der Waals surface area contributed by atoms with Crippen LogP contribution < -0.4 is 10.9 Å². The molecular weight excluding hydrogens is 324 g/mol. The summed E-state index contributed by atoms with van der Waals surface area (Å²) in [5.74, 6) is -0.835. The molecule has 0 aliphatic carbocycles. The molecule has 0 radical (unpaired) electrons. The molecule has 0 saturated heterocycles. The van der Waals surface area contributed by atoms with Crippen LogP contribution in [0, 0.1) is 0 Å². The molecule has 0 spiro atoms. The van der Waals surface area contributed by atoms with Crippen molar-refractivity contribution in [3.8, 4) is 0 Å². The first-order valence-electron chi connectivity index (χ1n) is 9.41. The van der Waals surface area contributed by atoms with Gasteiger partial charge in [0, 0.05) is 6.42 Å². The highest BCUT2D eigenvalue weighted by Crippen LogP contribution is 2.24. The van der Waals surface area contributed by atoms with Gasteiger partial charge >= 0.3 is 0 Å². The minimum atomic E-state index is -0.456. The van der Waals surface area contributed by atoms with Crippen molar-refractivity contribution in [2.45, 2.75) is 51.4 Å². The van der Waals surface area contributed by atoms with Gasteiger partial charge in [-0.1, -0.05) is 93.3 Å². The molecule has 0 saturated carbocycles. The van der Waals surface area contributed by atoms with Crippen molar-refractivity contribution in [1.29, 1.82) is 0 Å². The Morgan fingerprint density at radius 3 is 1.85 bits per heavy atom. The number of amides is 2. The van der Waals surface area contributed by atoms with Gasteiger partial charge in [0.2, 0.25) is 11.8 Å². The lowest BCUT2D eigenvalue weighted by Gasteiger charge is -2.18. The molecule has 2 aromatic rings. The Kier molecular flexibility index (Phi) is 8.40. The number of carbonyl (C=O) groups excluding carboxylic acids is 2. The first-order valence-corrected chi connectivity index (χ1v) is 9.41. The van der Waals surface area contributed by atoms with Gasteiger partial charge in [-0.2, -0.15) is 0 Å². The minimum Gasteiger partial charge on any atom is -0.273 e. The third-order valence-electron chi connectivity index (χ3n) is 4.36. The lowest BCUT2D eigenvalue weighted by Crippen LogP contribution is -2.44. The van der Waals surface area contributed by atoms with E-state index >= 15 is 0 Å². The Hall–Kier alpha value is -2.62. The van der Waals surface area contributed by atoms with E-state index in [2.05, 4.69) is 17.8 Å². The quantitative estimate of drug-likeness (QED) is 0.521. The van der Waals surface area contributed by atoms with Crippen LogP contribution in [0.4, 0.5) is 0 Å². The van der Waals surface area contributed by atoms with E-state index in [1.165, 1.54) is 12.8 Å². The maximum Gasteiger partial charge on any atom is 0.250 e. The van der Waals surface area contributed by atoms with Gasteiger partial charge in [0.1, 0.15) is 0 Å². The van der Waals surface area contributed by atoms with Crippen molar-refractivity contribution in [2.75, 3.05) is 0 Å². The second-order valence-corrected chi connectivity index (χ2v) is 6.46. The molecule has 26 heavy (non-hydrogen) atoms. The molecule has 0 heterocycles. The van der Waals surface area contributed by atoms with E-state index in [-0.39, 0.29) is 11.8 Å². The maximum absolute atomic E-state index is 12.7. The third kappa shape index (κ3) is 6.36. The van der Waals surface area contributed by atoms with E-state index in [0.29, 0.717) is 6.42 Å². The first-order chi connectivity index (χ1) is 12.7. The highest BCUT2D eigenvalue weighted by Gasteiger charge is 2.22.